The Morgan fingerprint density at radius 1 is 1.50 bits per heavy atom. The van der Waals surface area contributed by atoms with E-state index in [9.17, 15) is 4.79 Å². The number of anilines is 2. The predicted molar refractivity (Wildman–Crippen MR) is 57.6 cm³/mol. The number of aromatic nitrogens is 2. The van der Waals surface area contributed by atoms with E-state index in [0.29, 0.717) is 25.0 Å². The molecule has 1 aliphatic rings. The molecule has 7 heteroatoms. The summed E-state index contributed by atoms with van der Waals surface area (Å²) in [6, 6.07) is 0.755. The topological polar surface area (TPSA) is 106 Å². The molecule has 0 bridgehead atoms. The standard InChI is InChI=1S/C9H15N5O2/c10-8-13-14-9(16-8)11-5-1-2-7(15)12-6-3-4-6/h6H,1-5H2,(H2,10,13)(H,11,14)(H,12,15). The Bertz CT molecular complexity index is 361. The SMILES string of the molecule is Nc1nnc(NCCCC(=O)NC2CC2)o1. The average Bonchev–Trinajstić information content (AvgIpc) is 2.95. The molecule has 0 saturated heterocycles. The van der Waals surface area contributed by atoms with Crippen LogP contribution in [0.1, 0.15) is 25.7 Å². The number of nitrogens with zero attached hydrogens (tertiary/aromatic N) is 2. The van der Waals surface area contributed by atoms with Gasteiger partial charge in [-0.1, -0.05) is 10.2 Å². The van der Waals surface area contributed by atoms with Gasteiger partial charge in [0.05, 0.1) is 0 Å². The van der Waals surface area contributed by atoms with Gasteiger partial charge in [-0.15, -0.1) is 0 Å². The zero-order valence-corrected chi connectivity index (χ0v) is 8.90. The number of hydrogen-bond donors (Lipinski definition) is 3. The lowest BCUT2D eigenvalue weighted by Gasteiger charge is -2.03. The molecule has 16 heavy (non-hydrogen) atoms. The first-order valence-corrected chi connectivity index (χ1v) is 5.36. The van der Waals surface area contributed by atoms with Crippen LogP contribution in [0.25, 0.3) is 0 Å². The molecule has 1 aliphatic carbocycles. The van der Waals surface area contributed by atoms with Crippen LogP contribution in [0, 0.1) is 0 Å². The fraction of sp³-hybridized carbons (Fsp3) is 0.667. The molecule has 1 saturated carbocycles. The van der Waals surface area contributed by atoms with E-state index in [1.54, 1.807) is 0 Å². The van der Waals surface area contributed by atoms with E-state index >= 15 is 0 Å². The molecule has 0 aromatic carbocycles. The van der Waals surface area contributed by atoms with Gasteiger partial charge < -0.3 is 20.8 Å². The van der Waals surface area contributed by atoms with Crippen LogP contribution in [0.5, 0.6) is 0 Å². The molecule has 1 amide bonds. The Hall–Kier alpha value is -1.79. The van der Waals surface area contributed by atoms with Crippen LogP contribution < -0.4 is 16.4 Å². The molecule has 0 spiro atoms. The van der Waals surface area contributed by atoms with E-state index in [1.807, 2.05) is 0 Å². The van der Waals surface area contributed by atoms with Gasteiger partial charge in [-0.25, -0.2) is 0 Å². The maximum atomic E-state index is 11.3. The summed E-state index contributed by atoms with van der Waals surface area (Å²) in [4.78, 5) is 11.3. The summed E-state index contributed by atoms with van der Waals surface area (Å²) in [5.41, 5.74) is 5.25. The highest BCUT2D eigenvalue weighted by molar-refractivity contribution is 5.76. The monoisotopic (exact) mass is 225 g/mol. The van der Waals surface area contributed by atoms with Gasteiger partial charge in [0.25, 0.3) is 0 Å². The number of carbonyl (C=O) groups excluding carboxylic acids is 1. The molecule has 7 nitrogen and oxygen atoms in total. The lowest BCUT2D eigenvalue weighted by atomic mass is 10.3. The van der Waals surface area contributed by atoms with Crippen molar-refractivity contribution in [3.63, 3.8) is 0 Å². The van der Waals surface area contributed by atoms with Crippen molar-refractivity contribution in [2.75, 3.05) is 17.6 Å². The van der Waals surface area contributed by atoms with Crippen molar-refractivity contribution in [1.29, 1.82) is 0 Å². The Kier molecular flexibility index (Phi) is 3.23. The van der Waals surface area contributed by atoms with E-state index in [1.165, 1.54) is 0 Å². The van der Waals surface area contributed by atoms with Crippen LogP contribution in [0.15, 0.2) is 4.42 Å². The molecule has 0 atom stereocenters. The van der Waals surface area contributed by atoms with Crippen LogP contribution in [0.4, 0.5) is 12.0 Å². The summed E-state index contributed by atoms with van der Waals surface area (Å²) in [5.74, 6) is 0.106. The van der Waals surface area contributed by atoms with Gasteiger partial charge in [-0.3, -0.25) is 4.79 Å². The van der Waals surface area contributed by atoms with Crippen LogP contribution in [0.3, 0.4) is 0 Å². The molecule has 1 aromatic rings. The second-order valence-corrected chi connectivity index (χ2v) is 3.82. The zero-order chi connectivity index (χ0) is 11.4. The molecule has 0 aliphatic heterocycles. The second-order valence-electron chi connectivity index (χ2n) is 3.82. The van der Waals surface area contributed by atoms with Crippen molar-refractivity contribution in [2.45, 2.75) is 31.7 Å². The van der Waals surface area contributed by atoms with E-state index in [4.69, 9.17) is 10.2 Å². The molecule has 4 N–H and O–H groups in total. The Morgan fingerprint density at radius 3 is 2.94 bits per heavy atom. The lowest BCUT2D eigenvalue weighted by molar-refractivity contribution is -0.121. The normalized spacial score (nSPS) is 14.8. The highest BCUT2D eigenvalue weighted by Crippen LogP contribution is 2.18. The Balaban J connectivity index is 1.55. The first kappa shape index (κ1) is 10.7. The van der Waals surface area contributed by atoms with Crippen molar-refractivity contribution in [2.24, 2.45) is 0 Å². The third-order valence-electron chi connectivity index (χ3n) is 2.24. The summed E-state index contributed by atoms with van der Waals surface area (Å²) in [5, 5.41) is 12.9. The number of nitrogen functional groups attached to an aromatic ring is 1. The quantitative estimate of drug-likeness (QED) is 0.594. The summed E-state index contributed by atoms with van der Waals surface area (Å²) in [6.45, 7) is 0.611. The van der Waals surface area contributed by atoms with Gasteiger partial charge in [0.2, 0.25) is 5.91 Å². The average molecular weight is 225 g/mol. The van der Waals surface area contributed by atoms with E-state index in [0.717, 1.165) is 19.3 Å². The summed E-state index contributed by atoms with van der Waals surface area (Å²) in [6.07, 6.45) is 3.46. The van der Waals surface area contributed by atoms with Crippen LogP contribution >= 0.6 is 0 Å². The van der Waals surface area contributed by atoms with Gasteiger partial charge in [0.1, 0.15) is 0 Å². The molecular formula is C9H15N5O2. The molecular weight excluding hydrogens is 210 g/mol. The molecule has 88 valence electrons. The molecule has 1 aromatic heterocycles. The molecule has 0 unspecified atom stereocenters. The van der Waals surface area contributed by atoms with Crippen LogP contribution in [0.2, 0.25) is 0 Å². The van der Waals surface area contributed by atoms with Gasteiger partial charge >= 0.3 is 12.0 Å². The first-order chi connectivity index (χ1) is 7.74. The molecule has 0 radical (unpaired) electrons. The van der Waals surface area contributed by atoms with Crippen molar-refractivity contribution in [3.05, 3.63) is 0 Å². The van der Waals surface area contributed by atoms with E-state index in [2.05, 4.69) is 20.8 Å². The first-order valence-electron chi connectivity index (χ1n) is 5.36. The number of carbonyl (C=O) groups is 1. The van der Waals surface area contributed by atoms with Crippen molar-refractivity contribution >= 4 is 17.9 Å². The summed E-state index contributed by atoms with van der Waals surface area (Å²) < 4.78 is 4.91. The van der Waals surface area contributed by atoms with E-state index in [-0.39, 0.29) is 11.9 Å². The number of nitrogens with one attached hydrogen (secondary N) is 2. The van der Waals surface area contributed by atoms with Gasteiger partial charge in [0.15, 0.2) is 0 Å². The number of hydrogen-bond acceptors (Lipinski definition) is 6. The van der Waals surface area contributed by atoms with Crippen molar-refractivity contribution in [1.82, 2.24) is 15.5 Å². The lowest BCUT2D eigenvalue weighted by Crippen LogP contribution is -2.25. The number of amides is 1. The summed E-state index contributed by atoms with van der Waals surface area (Å²) in [7, 11) is 0. The van der Waals surface area contributed by atoms with E-state index < -0.39 is 0 Å². The number of rotatable bonds is 6. The largest absolute Gasteiger partial charge is 0.390 e. The third-order valence-corrected chi connectivity index (χ3v) is 2.24. The minimum absolute atomic E-state index is 0.0361. The zero-order valence-electron chi connectivity index (χ0n) is 8.90. The second kappa shape index (κ2) is 4.82. The molecule has 1 fully saturated rings. The van der Waals surface area contributed by atoms with Crippen molar-refractivity contribution < 1.29 is 9.21 Å². The molecule has 1 heterocycles. The Labute approximate surface area is 92.8 Å². The highest BCUT2D eigenvalue weighted by atomic mass is 16.4. The number of nitrogens with two attached hydrogens (primary N) is 1. The smallest absolute Gasteiger partial charge is 0.316 e. The highest BCUT2D eigenvalue weighted by Gasteiger charge is 2.22. The summed E-state index contributed by atoms with van der Waals surface area (Å²) >= 11 is 0. The fourth-order valence-electron chi connectivity index (χ4n) is 1.28. The van der Waals surface area contributed by atoms with Gasteiger partial charge in [-0.05, 0) is 19.3 Å². The molecule has 2 rings (SSSR count). The third kappa shape index (κ3) is 3.41. The Morgan fingerprint density at radius 2 is 2.31 bits per heavy atom. The van der Waals surface area contributed by atoms with Crippen LogP contribution in [-0.4, -0.2) is 28.7 Å². The van der Waals surface area contributed by atoms with Crippen molar-refractivity contribution in [3.8, 4) is 0 Å². The predicted octanol–water partition coefficient (Wildman–Crippen LogP) is 0.122. The maximum absolute atomic E-state index is 11.3. The van der Waals surface area contributed by atoms with Gasteiger partial charge in [-0.2, -0.15) is 0 Å². The van der Waals surface area contributed by atoms with Gasteiger partial charge in [0, 0.05) is 19.0 Å². The minimum atomic E-state index is 0.0361. The fourth-order valence-corrected chi connectivity index (χ4v) is 1.28. The minimum Gasteiger partial charge on any atom is -0.390 e. The van der Waals surface area contributed by atoms with Crippen LogP contribution in [-0.2, 0) is 4.79 Å². The maximum Gasteiger partial charge on any atom is 0.316 e.